The Balaban J connectivity index is 0.941. The van der Waals surface area contributed by atoms with Crippen LogP contribution in [0.2, 0.25) is 0 Å². The van der Waals surface area contributed by atoms with Crippen molar-refractivity contribution in [2.24, 2.45) is 0 Å². The highest BCUT2D eigenvalue weighted by atomic mass is 32.2. The van der Waals surface area contributed by atoms with Crippen LogP contribution in [-0.4, -0.2) is 18.0 Å². The molecule has 0 aliphatic carbocycles. The zero-order valence-electron chi connectivity index (χ0n) is 47.2. The van der Waals surface area contributed by atoms with Crippen LogP contribution in [0.3, 0.4) is 0 Å². The summed E-state index contributed by atoms with van der Waals surface area (Å²) in [4.78, 5) is 12.3. The Morgan fingerprint density at radius 2 is 0.805 bits per heavy atom. The molecule has 18 rings (SSSR count). The third-order valence-corrected chi connectivity index (χ3v) is 19.1. The van der Waals surface area contributed by atoms with E-state index in [0.717, 1.165) is 96.0 Å². The largest absolute Gasteiger partial charge is 0.458 e. The molecule has 4 aliphatic rings. The van der Waals surface area contributed by atoms with Crippen LogP contribution in [0.15, 0.2) is 319 Å². The van der Waals surface area contributed by atoms with Crippen LogP contribution in [0.1, 0.15) is 0 Å². The first-order chi connectivity index (χ1) is 43.2. The fraction of sp³-hybridized carbons (Fsp3) is 0. The average molecular weight is 1130 g/mol. The van der Waals surface area contributed by atoms with Crippen LogP contribution >= 0.6 is 11.8 Å². The number of ether oxygens (including phenoxy) is 1. The topological polar surface area (TPSA) is 27.1 Å². The SMILES string of the molecule is c1ccc(N(c2ccccc2)c2cc3c4c(c2)N(c2cccc5c2c2ccccc2n5-c2ccccc2)c2cc5c(cc2B4c2ccccc2O3)B2c3ccccc3N(c3ccccc3)c3cc(N(c4ccccc4)c4ccccc4)cc(c32)S5)cc1. The van der Waals surface area contributed by atoms with Gasteiger partial charge < -0.3 is 28.9 Å². The minimum absolute atomic E-state index is 0.0898. The van der Waals surface area contributed by atoms with Crippen LogP contribution in [0.5, 0.6) is 11.5 Å². The van der Waals surface area contributed by atoms with E-state index in [0.29, 0.717) is 0 Å². The molecule has 6 nitrogen and oxygen atoms in total. The summed E-state index contributed by atoms with van der Waals surface area (Å²) in [7, 11) is 0. The van der Waals surface area contributed by atoms with Crippen molar-refractivity contribution in [2.45, 2.75) is 9.79 Å². The molecular weight excluding hydrogens is 1080 g/mol. The van der Waals surface area contributed by atoms with Gasteiger partial charge in [-0.05, 0) is 155 Å². The molecule has 14 aromatic rings. The van der Waals surface area contributed by atoms with Gasteiger partial charge in [0.05, 0.1) is 22.4 Å². The van der Waals surface area contributed by atoms with Crippen molar-refractivity contribution in [3.8, 4) is 17.2 Å². The highest BCUT2D eigenvalue weighted by molar-refractivity contribution is 8.00. The second-order valence-electron chi connectivity index (χ2n) is 22.7. The van der Waals surface area contributed by atoms with Gasteiger partial charge in [0.15, 0.2) is 0 Å². The molecule has 4 aliphatic heterocycles. The van der Waals surface area contributed by atoms with Crippen molar-refractivity contribution in [1.82, 2.24) is 4.57 Å². The first kappa shape index (κ1) is 49.6. The maximum absolute atomic E-state index is 7.36. The van der Waals surface area contributed by atoms with E-state index in [9.17, 15) is 0 Å². The maximum Gasteiger partial charge on any atom is 0.256 e. The van der Waals surface area contributed by atoms with Gasteiger partial charge in [0.1, 0.15) is 11.5 Å². The fourth-order valence-electron chi connectivity index (χ4n) is 14.5. The standard InChI is InChI=1S/C78H51B2N5OS/c1-7-26-52(27-8-1)81(53-28-9-2-10-29-53)58-46-70-77-73(48-58)86-72-45-24-21-40-62(72)80(77)63-50-64-74(51-69(63)85(70)68-44-25-43-67-76(68)60-38-19-22-41-65(60)83(67)56-34-15-5-16-35-56)87-75-49-59(82(54-30-11-3-12-31-54)55-32-13-4-14-33-55)47-71-78(75)79(64)61-39-20-23-42-66(61)84(71)57-36-17-6-18-37-57/h1-51H. The Labute approximate surface area is 510 Å². The van der Waals surface area contributed by atoms with Gasteiger partial charge in [-0.15, -0.1) is 0 Å². The Kier molecular flexibility index (Phi) is 11.3. The molecule has 0 spiro atoms. The molecule has 0 unspecified atom stereocenters. The van der Waals surface area contributed by atoms with Crippen molar-refractivity contribution in [1.29, 1.82) is 0 Å². The monoisotopic (exact) mass is 1130 g/mol. The van der Waals surface area contributed by atoms with Gasteiger partial charge in [-0.25, -0.2) is 0 Å². The summed E-state index contributed by atoms with van der Waals surface area (Å²) in [5, 5.41) is 2.36. The Hall–Kier alpha value is -10.9. The van der Waals surface area contributed by atoms with Gasteiger partial charge in [-0.1, -0.05) is 193 Å². The molecule has 5 heterocycles. The second-order valence-corrected chi connectivity index (χ2v) is 23.8. The molecule has 0 bridgehead atoms. The van der Waals surface area contributed by atoms with E-state index in [4.69, 9.17) is 4.74 Å². The van der Waals surface area contributed by atoms with Crippen molar-refractivity contribution < 1.29 is 4.74 Å². The molecule has 0 fully saturated rings. The lowest BCUT2D eigenvalue weighted by Gasteiger charge is -2.44. The third kappa shape index (κ3) is 7.72. The number of hydrogen-bond donors (Lipinski definition) is 0. The predicted molar refractivity (Wildman–Crippen MR) is 366 cm³/mol. The predicted octanol–water partition coefficient (Wildman–Crippen LogP) is 16.9. The second kappa shape index (κ2) is 19.9. The normalized spacial score (nSPS) is 13.0. The Morgan fingerprint density at radius 1 is 0.299 bits per heavy atom. The maximum atomic E-state index is 7.36. The molecule has 87 heavy (non-hydrogen) atoms. The first-order valence-electron chi connectivity index (χ1n) is 29.8. The summed E-state index contributed by atoms with van der Waals surface area (Å²) >= 11 is 1.90. The summed E-state index contributed by atoms with van der Waals surface area (Å²) in [6, 6.07) is 113. The smallest absolute Gasteiger partial charge is 0.256 e. The number of rotatable bonds is 9. The van der Waals surface area contributed by atoms with Crippen molar-refractivity contribution in [2.75, 3.05) is 19.6 Å². The average Bonchev–Trinajstić information content (AvgIpc) is 1.18. The summed E-state index contributed by atoms with van der Waals surface area (Å²) in [5.74, 6) is 1.71. The molecule has 0 atom stereocenters. The summed E-state index contributed by atoms with van der Waals surface area (Å²) in [6.07, 6.45) is 0. The van der Waals surface area contributed by atoms with E-state index in [1.165, 1.54) is 53.8 Å². The highest BCUT2D eigenvalue weighted by Gasteiger charge is 2.47. The third-order valence-electron chi connectivity index (χ3n) is 18.0. The zero-order chi connectivity index (χ0) is 57.1. The van der Waals surface area contributed by atoms with Crippen LogP contribution in [-0.2, 0) is 0 Å². The molecule has 0 N–H and O–H groups in total. The summed E-state index contributed by atoms with van der Waals surface area (Å²) in [6.45, 7) is -0.261. The Bertz CT molecular complexity index is 4950. The van der Waals surface area contributed by atoms with E-state index in [1.54, 1.807) is 0 Å². The van der Waals surface area contributed by atoms with Crippen molar-refractivity contribution >= 4 is 148 Å². The van der Waals surface area contributed by atoms with Gasteiger partial charge in [-0.2, -0.15) is 0 Å². The lowest BCUT2D eigenvalue weighted by atomic mass is 9.31. The highest BCUT2D eigenvalue weighted by Crippen LogP contribution is 2.52. The molecule has 0 saturated heterocycles. The van der Waals surface area contributed by atoms with Gasteiger partial charge in [0.2, 0.25) is 6.71 Å². The summed E-state index contributed by atoms with van der Waals surface area (Å²) in [5.41, 5.74) is 24.0. The molecule has 406 valence electrons. The fourth-order valence-corrected chi connectivity index (χ4v) is 15.7. The number of para-hydroxylation sites is 9. The lowest BCUT2D eigenvalue weighted by Crippen LogP contribution is -2.63. The zero-order valence-corrected chi connectivity index (χ0v) is 48.0. The van der Waals surface area contributed by atoms with Gasteiger partial charge >= 0.3 is 0 Å². The number of hydrogen-bond acceptors (Lipinski definition) is 6. The van der Waals surface area contributed by atoms with E-state index in [2.05, 4.69) is 334 Å². The number of fused-ring (bicyclic) bond motifs is 11. The number of nitrogens with zero attached hydrogens (tertiary/aromatic N) is 5. The van der Waals surface area contributed by atoms with E-state index < -0.39 is 0 Å². The van der Waals surface area contributed by atoms with Crippen LogP contribution in [0, 0.1) is 0 Å². The number of anilines is 12. The summed E-state index contributed by atoms with van der Waals surface area (Å²) < 4.78 is 9.79. The van der Waals surface area contributed by atoms with E-state index >= 15 is 0 Å². The molecule has 0 saturated carbocycles. The first-order valence-corrected chi connectivity index (χ1v) is 30.6. The molecule has 0 radical (unpaired) electrons. The Morgan fingerprint density at radius 3 is 1.46 bits per heavy atom. The lowest BCUT2D eigenvalue weighted by molar-refractivity contribution is 0.487. The van der Waals surface area contributed by atoms with E-state index in [1.807, 2.05) is 11.8 Å². The van der Waals surface area contributed by atoms with Crippen LogP contribution < -0.4 is 57.1 Å². The van der Waals surface area contributed by atoms with Crippen molar-refractivity contribution in [3.05, 3.63) is 309 Å². The quantitative estimate of drug-likeness (QED) is 0.134. The molecule has 0 amide bonds. The number of benzene rings is 13. The van der Waals surface area contributed by atoms with Gasteiger partial charge in [0, 0.05) is 89.2 Å². The van der Waals surface area contributed by atoms with Gasteiger partial charge in [0.25, 0.3) is 6.71 Å². The molecule has 1 aromatic heterocycles. The van der Waals surface area contributed by atoms with E-state index in [-0.39, 0.29) is 13.4 Å². The molecule has 13 aromatic carbocycles. The molecule has 9 heteroatoms. The van der Waals surface area contributed by atoms with Gasteiger partial charge in [-0.3, -0.25) is 0 Å². The minimum atomic E-state index is -0.171. The van der Waals surface area contributed by atoms with Crippen LogP contribution in [0.25, 0.3) is 27.5 Å². The number of aromatic nitrogens is 1. The molecular formula is C78H51B2N5OS. The van der Waals surface area contributed by atoms with Crippen LogP contribution in [0.4, 0.5) is 68.2 Å². The van der Waals surface area contributed by atoms with Crippen molar-refractivity contribution in [3.63, 3.8) is 0 Å². The minimum Gasteiger partial charge on any atom is -0.458 e.